The van der Waals surface area contributed by atoms with E-state index < -0.39 is 0 Å². The van der Waals surface area contributed by atoms with Crippen molar-refractivity contribution in [2.75, 3.05) is 13.7 Å². The van der Waals surface area contributed by atoms with Crippen LogP contribution in [-0.4, -0.2) is 13.7 Å². The number of hydrogen-bond acceptors (Lipinski definition) is 2. The van der Waals surface area contributed by atoms with Crippen LogP contribution >= 0.6 is 0 Å². The lowest BCUT2D eigenvalue weighted by Gasteiger charge is -2.18. The van der Waals surface area contributed by atoms with Gasteiger partial charge in [0, 0.05) is 6.04 Å². The SMILES string of the molecule is CCCC(C)CNC(C)c1cccc(OC)c1. The third-order valence-electron chi connectivity index (χ3n) is 3.15. The number of rotatable bonds is 7. The molecule has 0 saturated heterocycles. The Labute approximate surface area is 105 Å². The summed E-state index contributed by atoms with van der Waals surface area (Å²) in [5, 5.41) is 3.58. The second-order valence-electron chi connectivity index (χ2n) is 4.80. The molecule has 2 nitrogen and oxygen atoms in total. The van der Waals surface area contributed by atoms with Crippen molar-refractivity contribution in [2.24, 2.45) is 5.92 Å². The third-order valence-corrected chi connectivity index (χ3v) is 3.15. The summed E-state index contributed by atoms with van der Waals surface area (Å²) in [6, 6.07) is 8.65. The van der Waals surface area contributed by atoms with Gasteiger partial charge in [-0.25, -0.2) is 0 Å². The molecule has 1 rings (SSSR count). The van der Waals surface area contributed by atoms with Crippen LogP contribution in [0.25, 0.3) is 0 Å². The molecule has 0 saturated carbocycles. The minimum atomic E-state index is 0.379. The van der Waals surface area contributed by atoms with E-state index >= 15 is 0 Å². The molecule has 1 aromatic rings. The molecule has 0 aliphatic heterocycles. The number of methoxy groups -OCH3 is 1. The Morgan fingerprint density at radius 2 is 2.06 bits per heavy atom. The Kier molecular flexibility index (Phi) is 6.06. The topological polar surface area (TPSA) is 21.3 Å². The molecular weight excluding hydrogens is 210 g/mol. The highest BCUT2D eigenvalue weighted by molar-refractivity contribution is 5.30. The first-order chi connectivity index (χ1) is 8.17. The number of ether oxygens (including phenoxy) is 1. The van der Waals surface area contributed by atoms with E-state index in [2.05, 4.69) is 38.2 Å². The van der Waals surface area contributed by atoms with Gasteiger partial charge in [-0.05, 0) is 43.5 Å². The van der Waals surface area contributed by atoms with Gasteiger partial charge in [-0.2, -0.15) is 0 Å². The molecule has 0 bridgehead atoms. The number of nitrogens with one attached hydrogen (secondary N) is 1. The van der Waals surface area contributed by atoms with Crippen LogP contribution in [0.4, 0.5) is 0 Å². The van der Waals surface area contributed by atoms with Crippen molar-refractivity contribution >= 4 is 0 Å². The van der Waals surface area contributed by atoms with Gasteiger partial charge in [0.05, 0.1) is 7.11 Å². The Morgan fingerprint density at radius 3 is 2.71 bits per heavy atom. The molecule has 2 atom stereocenters. The molecule has 0 amide bonds. The molecule has 17 heavy (non-hydrogen) atoms. The van der Waals surface area contributed by atoms with Crippen molar-refractivity contribution in [1.82, 2.24) is 5.32 Å². The van der Waals surface area contributed by atoms with Crippen molar-refractivity contribution in [3.05, 3.63) is 29.8 Å². The number of hydrogen-bond donors (Lipinski definition) is 1. The first kappa shape index (κ1) is 14.0. The monoisotopic (exact) mass is 235 g/mol. The molecule has 1 aromatic carbocycles. The standard InChI is InChI=1S/C15H25NO/c1-5-7-12(2)11-16-13(3)14-8-6-9-15(10-14)17-4/h6,8-10,12-13,16H,5,7,11H2,1-4H3. The fraction of sp³-hybridized carbons (Fsp3) is 0.600. The van der Waals surface area contributed by atoms with Crippen LogP contribution in [0.3, 0.4) is 0 Å². The number of benzene rings is 1. The van der Waals surface area contributed by atoms with Crippen molar-refractivity contribution in [3.63, 3.8) is 0 Å². The van der Waals surface area contributed by atoms with Crippen LogP contribution < -0.4 is 10.1 Å². The molecule has 0 radical (unpaired) electrons. The van der Waals surface area contributed by atoms with Crippen LogP contribution in [0.5, 0.6) is 5.75 Å². The van der Waals surface area contributed by atoms with Gasteiger partial charge < -0.3 is 10.1 Å². The third kappa shape index (κ3) is 4.78. The normalized spacial score (nSPS) is 14.4. The van der Waals surface area contributed by atoms with E-state index in [1.165, 1.54) is 18.4 Å². The van der Waals surface area contributed by atoms with Crippen molar-refractivity contribution in [2.45, 2.75) is 39.7 Å². The molecule has 2 heteroatoms. The van der Waals surface area contributed by atoms with Crippen LogP contribution in [-0.2, 0) is 0 Å². The molecule has 2 unspecified atom stereocenters. The summed E-state index contributed by atoms with van der Waals surface area (Å²) in [7, 11) is 1.71. The van der Waals surface area contributed by atoms with Crippen molar-refractivity contribution in [3.8, 4) is 5.75 Å². The lowest BCUT2D eigenvalue weighted by Crippen LogP contribution is -2.24. The largest absolute Gasteiger partial charge is 0.497 e. The van der Waals surface area contributed by atoms with Gasteiger partial charge in [-0.1, -0.05) is 32.4 Å². The highest BCUT2D eigenvalue weighted by Crippen LogP contribution is 2.19. The smallest absolute Gasteiger partial charge is 0.119 e. The van der Waals surface area contributed by atoms with E-state index in [4.69, 9.17) is 4.74 Å². The molecular formula is C15H25NO. The molecule has 0 aliphatic rings. The van der Waals surface area contributed by atoms with Crippen LogP contribution in [0.15, 0.2) is 24.3 Å². The van der Waals surface area contributed by atoms with E-state index in [0.717, 1.165) is 18.2 Å². The van der Waals surface area contributed by atoms with E-state index in [9.17, 15) is 0 Å². The molecule has 0 spiro atoms. The Hall–Kier alpha value is -1.02. The summed E-state index contributed by atoms with van der Waals surface area (Å²) < 4.78 is 5.24. The predicted molar refractivity (Wildman–Crippen MR) is 73.5 cm³/mol. The Morgan fingerprint density at radius 1 is 1.29 bits per heavy atom. The summed E-state index contributed by atoms with van der Waals surface area (Å²) in [5.41, 5.74) is 1.29. The second-order valence-corrected chi connectivity index (χ2v) is 4.80. The fourth-order valence-electron chi connectivity index (χ4n) is 2.00. The van der Waals surface area contributed by atoms with Gasteiger partial charge in [0.25, 0.3) is 0 Å². The lowest BCUT2D eigenvalue weighted by atomic mass is 10.0. The molecule has 0 aromatic heterocycles. The summed E-state index contributed by atoms with van der Waals surface area (Å²) in [4.78, 5) is 0. The zero-order chi connectivity index (χ0) is 12.7. The minimum Gasteiger partial charge on any atom is -0.497 e. The van der Waals surface area contributed by atoms with Crippen molar-refractivity contribution < 1.29 is 4.74 Å². The van der Waals surface area contributed by atoms with Crippen LogP contribution in [0.1, 0.15) is 45.2 Å². The molecule has 96 valence electrons. The summed E-state index contributed by atoms with van der Waals surface area (Å²) >= 11 is 0. The van der Waals surface area contributed by atoms with E-state index in [1.54, 1.807) is 7.11 Å². The highest BCUT2D eigenvalue weighted by atomic mass is 16.5. The maximum Gasteiger partial charge on any atom is 0.119 e. The Bertz CT molecular complexity index is 324. The van der Waals surface area contributed by atoms with Crippen LogP contribution in [0, 0.1) is 5.92 Å². The zero-order valence-corrected chi connectivity index (χ0v) is 11.5. The van der Waals surface area contributed by atoms with Gasteiger partial charge >= 0.3 is 0 Å². The zero-order valence-electron chi connectivity index (χ0n) is 11.5. The van der Waals surface area contributed by atoms with Gasteiger partial charge in [-0.3, -0.25) is 0 Å². The second kappa shape index (κ2) is 7.33. The fourth-order valence-corrected chi connectivity index (χ4v) is 2.00. The first-order valence-corrected chi connectivity index (χ1v) is 6.54. The van der Waals surface area contributed by atoms with Crippen molar-refractivity contribution in [1.29, 1.82) is 0 Å². The minimum absolute atomic E-state index is 0.379. The lowest BCUT2D eigenvalue weighted by molar-refractivity contribution is 0.411. The van der Waals surface area contributed by atoms with E-state index in [1.807, 2.05) is 12.1 Å². The summed E-state index contributed by atoms with van der Waals surface area (Å²) in [5.74, 6) is 1.67. The van der Waals surface area contributed by atoms with Gasteiger partial charge in [-0.15, -0.1) is 0 Å². The average molecular weight is 235 g/mol. The summed E-state index contributed by atoms with van der Waals surface area (Å²) in [6.07, 6.45) is 2.55. The van der Waals surface area contributed by atoms with E-state index in [-0.39, 0.29) is 0 Å². The quantitative estimate of drug-likeness (QED) is 0.776. The van der Waals surface area contributed by atoms with Crippen LogP contribution in [0.2, 0.25) is 0 Å². The maximum absolute atomic E-state index is 5.24. The molecule has 1 N–H and O–H groups in total. The predicted octanol–water partition coefficient (Wildman–Crippen LogP) is 3.78. The van der Waals surface area contributed by atoms with Gasteiger partial charge in [0.15, 0.2) is 0 Å². The van der Waals surface area contributed by atoms with Gasteiger partial charge in [0.2, 0.25) is 0 Å². The van der Waals surface area contributed by atoms with Gasteiger partial charge in [0.1, 0.15) is 5.75 Å². The molecule has 0 heterocycles. The maximum atomic E-state index is 5.24. The first-order valence-electron chi connectivity index (χ1n) is 6.54. The van der Waals surface area contributed by atoms with E-state index in [0.29, 0.717) is 6.04 Å². The summed E-state index contributed by atoms with van der Waals surface area (Å²) in [6.45, 7) is 7.82. The average Bonchev–Trinajstić information content (AvgIpc) is 2.36. The highest BCUT2D eigenvalue weighted by Gasteiger charge is 2.07. The molecule has 0 fully saturated rings. The molecule has 0 aliphatic carbocycles. The Balaban J connectivity index is 2.48.